The quantitative estimate of drug-likeness (QED) is 0.819. The van der Waals surface area contributed by atoms with Crippen molar-refractivity contribution in [2.24, 2.45) is 0 Å². The molecule has 1 aromatic rings. The summed E-state index contributed by atoms with van der Waals surface area (Å²) in [6.07, 6.45) is 2.37. The molecule has 0 radical (unpaired) electrons. The van der Waals surface area contributed by atoms with Crippen LogP contribution in [0.5, 0.6) is 0 Å². The van der Waals surface area contributed by atoms with Gasteiger partial charge in [-0.1, -0.05) is 12.1 Å². The molecule has 1 amide bonds. The molecule has 0 saturated heterocycles. The summed E-state index contributed by atoms with van der Waals surface area (Å²) < 4.78 is 0. The Morgan fingerprint density at radius 2 is 1.90 bits per heavy atom. The van der Waals surface area contributed by atoms with Crippen molar-refractivity contribution < 1.29 is 4.79 Å². The number of benzene rings is 1. The van der Waals surface area contributed by atoms with Crippen LogP contribution in [0.15, 0.2) is 24.3 Å². The minimum Gasteiger partial charge on any atom is -0.399 e. The summed E-state index contributed by atoms with van der Waals surface area (Å²) in [7, 11) is 0. The Morgan fingerprint density at radius 1 is 1.33 bits per heavy atom. The first-order valence-corrected chi connectivity index (χ1v) is 7.68. The molecule has 1 aliphatic rings. The predicted octanol–water partition coefficient (Wildman–Crippen LogP) is 2.54. The number of nitrogen functional groups attached to an aromatic ring is 1. The Kier molecular flexibility index (Phi) is 4.57. The fourth-order valence-corrected chi connectivity index (χ4v) is 2.45. The van der Waals surface area contributed by atoms with E-state index in [9.17, 15) is 4.79 Å². The minimum absolute atomic E-state index is 0.102. The smallest absolute Gasteiger partial charge is 0.237 e. The topological polar surface area (TPSA) is 58.4 Å². The second-order valence-electron chi connectivity index (χ2n) is 7.06. The van der Waals surface area contributed by atoms with Crippen molar-refractivity contribution in [2.75, 3.05) is 5.73 Å². The fraction of sp³-hybridized carbons (Fsp3) is 0.588. The molecular formula is C17H27N3O. The first-order valence-electron chi connectivity index (χ1n) is 7.68. The molecule has 0 aromatic heterocycles. The van der Waals surface area contributed by atoms with E-state index in [-0.39, 0.29) is 17.5 Å². The lowest BCUT2D eigenvalue weighted by Crippen LogP contribution is -2.51. The van der Waals surface area contributed by atoms with Crippen molar-refractivity contribution in [2.45, 2.75) is 64.7 Å². The van der Waals surface area contributed by atoms with Gasteiger partial charge in [0.2, 0.25) is 5.91 Å². The van der Waals surface area contributed by atoms with Gasteiger partial charge in [0.05, 0.1) is 6.04 Å². The third-order valence-electron chi connectivity index (χ3n) is 3.74. The van der Waals surface area contributed by atoms with E-state index in [1.165, 1.54) is 18.4 Å². The molecule has 1 atom stereocenters. The number of nitrogens with zero attached hydrogens (tertiary/aromatic N) is 1. The van der Waals surface area contributed by atoms with Crippen LogP contribution in [0.3, 0.4) is 0 Å². The van der Waals surface area contributed by atoms with Gasteiger partial charge in [-0.05, 0) is 58.2 Å². The Balaban J connectivity index is 2.04. The van der Waals surface area contributed by atoms with E-state index in [0.29, 0.717) is 6.04 Å². The summed E-state index contributed by atoms with van der Waals surface area (Å²) in [4.78, 5) is 14.7. The first-order chi connectivity index (χ1) is 9.76. The van der Waals surface area contributed by atoms with Gasteiger partial charge in [-0.2, -0.15) is 0 Å². The SMILES string of the molecule is CC(C(=O)NC(C)(C)C)N(Cc1ccc(N)cc1)C1CC1. The lowest BCUT2D eigenvalue weighted by molar-refractivity contribution is -0.127. The zero-order valence-corrected chi connectivity index (χ0v) is 13.5. The van der Waals surface area contributed by atoms with Crippen LogP contribution >= 0.6 is 0 Å². The highest BCUT2D eigenvalue weighted by molar-refractivity contribution is 5.82. The third kappa shape index (κ3) is 4.74. The van der Waals surface area contributed by atoms with E-state index in [4.69, 9.17) is 5.73 Å². The summed E-state index contributed by atoms with van der Waals surface area (Å²) in [5, 5.41) is 3.08. The van der Waals surface area contributed by atoms with Gasteiger partial charge in [0.25, 0.3) is 0 Å². The number of carbonyl (C=O) groups excluding carboxylic acids is 1. The first kappa shape index (κ1) is 15.8. The van der Waals surface area contributed by atoms with Crippen LogP contribution in [0.25, 0.3) is 0 Å². The zero-order valence-electron chi connectivity index (χ0n) is 13.5. The van der Waals surface area contributed by atoms with E-state index in [1.807, 2.05) is 52.0 Å². The van der Waals surface area contributed by atoms with Crippen LogP contribution in [-0.4, -0.2) is 28.4 Å². The lowest BCUT2D eigenvalue weighted by Gasteiger charge is -2.31. The Bertz CT molecular complexity index is 486. The number of carbonyl (C=O) groups is 1. The van der Waals surface area contributed by atoms with Crippen LogP contribution in [0.2, 0.25) is 0 Å². The third-order valence-corrected chi connectivity index (χ3v) is 3.74. The maximum absolute atomic E-state index is 12.4. The average molecular weight is 289 g/mol. The van der Waals surface area contributed by atoms with Crippen molar-refractivity contribution >= 4 is 11.6 Å². The molecule has 2 rings (SSSR count). The maximum Gasteiger partial charge on any atom is 0.237 e. The van der Waals surface area contributed by atoms with Crippen molar-refractivity contribution in [3.8, 4) is 0 Å². The number of hydrogen-bond acceptors (Lipinski definition) is 3. The molecule has 116 valence electrons. The molecule has 0 spiro atoms. The van der Waals surface area contributed by atoms with Gasteiger partial charge < -0.3 is 11.1 Å². The normalized spacial score (nSPS) is 16.8. The second kappa shape index (κ2) is 6.06. The number of amides is 1. The van der Waals surface area contributed by atoms with Gasteiger partial charge >= 0.3 is 0 Å². The molecule has 1 saturated carbocycles. The monoisotopic (exact) mass is 289 g/mol. The molecule has 0 bridgehead atoms. The Hall–Kier alpha value is -1.55. The van der Waals surface area contributed by atoms with Gasteiger partial charge in [0, 0.05) is 23.8 Å². The van der Waals surface area contributed by atoms with E-state index >= 15 is 0 Å². The Morgan fingerprint density at radius 3 is 2.38 bits per heavy atom. The van der Waals surface area contributed by atoms with Gasteiger partial charge in [-0.25, -0.2) is 0 Å². The van der Waals surface area contributed by atoms with Crippen LogP contribution in [0.4, 0.5) is 5.69 Å². The van der Waals surface area contributed by atoms with Crippen molar-refractivity contribution in [3.05, 3.63) is 29.8 Å². The predicted molar refractivity (Wildman–Crippen MR) is 86.8 cm³/mol. The highest BCUT2D eigenvalue weighted by Gasteiger charge is 2.35. The van der Waals surface area contributed by atoms with Crippen LogP contribution in [0.1, 0.15) is 46.1 Å². The zero-order chi connectivity index (χ0) is 15.6. The number of hydrogen-bond donors (Lipinski definition) is 2. The van der Waals surface area contributed by atoms with Crippen LogP contribution < -0.4 is 11.1 Å². The molecule has 21 heavy (non-hydrogen) atoms. The van der Waals surface area contributed by atoms with Gasteiger partial charge in [0.15, 0.2) is 0 Å². The molecule has 0 aliphatic heterocycles. The standard InChI is InChI=1S/C17H27N3O/c1-12(16(21)19-17(2,3)4)20(15-9-10-15)11-13-5-7-14(18)8-6-13/h5-8,12,15H,9-11,18H2,1-4H3,(H,19,21). The minimum atomic E-state index is -0.193. The molecule has 3 N–H and O–H groups in total. The summed E-state index contributed by atoms with van der Waals surface area (Å²) in [5.74, 6) is 0.102. The number of anilines is 1. The number of nitrogens with one attached hydrogen (secondary N) is 1. The molecule has 1 aliphatic carbocycles. The molecule has 0 heterocycles. The molecule has 1 unspecified atom stereocenters. The summed E-state index contributed by atoms with van der Waals surface area (Å²) in [6.45, 7) is 8.83. The fourth-order valence-electron chi connectivity index (χ4n) is 2.45. The van der Waals surface area contributed by atoms with E-state index < -0.39 is 0 Å². The van der Waals surface area contributed by atoms with Gasteiger partial charge in [-0.3, -0.25) is 9.69 Å². The van der Waals surface area contributed by atoms with Crippen LogP contribution in [-0.2, 0) is 11.3 Å². The largest absolute Gasteiger partial charge is 0.399 e. The van der Waals surface area contributed by atoms with E-state index in [2.05, 4.69) is 10.2 Å². The van der Waals surface area contributed by atoms with Crippen molar-refractivity contribution in [1.29, 1.82) is 0 Å². The molecule has 1 aromatic carbocycles. The van der Waals surface area contributed by atoms with E-state index in [1.54, 1.807) is 0 Å². The second-order valence-corrected chi connectivity index (χ2v) is 7.06. The van der Waals surface area contributed by atoms with Crippen molar-refractivity contribution in [3.63, 3.8) is 0 Å². The highest BCUT2D eigenvalue weighted by atomic mass is 16.2. The van der Waals surface area contributed by atoms with Crippen LogP contribution in [0, 0.1) is 0 Å². The molecule has 4 nitrogen and oxygen atoms in total. The summed E-state index contributed by atoms with van der Waals surface area (Å²) >= 11 is 0. The molecular weight excluding hydrogens is 262 g/mol. The Labute approximate surface area is 127 Å². The molecule has 4 heteroatoms. The van der Waals surface area contributed by atoms with E-state index in [0.717, 1.165) is 12.2 Å². The lowest BCUT2D eigenvalue weighted by atomic mass is 10.1. The molecule has 1 fully saturated rings. The summed E-state index contributed by atoms with van der Waals surface area (Å²) in [6, 6.07) is 8.33. The highest BCUT2D eigenvalue weighted by Crippen LogP contribution is 2.30. The summed E-state index contributed by atoms with van der Waals surface area (Å²) in [5.41, 5.74) is 7.51. The average Bonchev–Trinajstić information content (AvgIpc) is 3.19. The van der Waals surface area contributed by atoms with Gasteiger partial charge in [0.1, 0.15) is 0 Å². The number of rotatable bonds is 5. The van der Waals surface area contributed by atoms with Gasteiger partial charge in [-0.15, -0.1) is 0 Å². The number of nitrogens with two attached hydrogens (primary N) is 1. The van der Waals surface area contributed by atoms with Crippen molar-refractivity contribution in [1.82, 2.24) is 10.2 Å². The maximum atomic E-state index is 12.4.